The minimum Gasteiger partial charge on any atom is -0.494 e. The number of aliphatic hydroxyl groups is 1. The standard InChI is InChI=1S/C11H14FNO4/c1-17-9-3-2-6(4-7(9)12)11(16)8(13)5-10(14)15/h2-4,8,11,16H,5,13H2,1H3,(H,14,15). The second-order valence-electron chi connectivity index (χ2n) is 3.60. The molecule has 1 aromatic carbocycles. The van der Waals surface area contributed by atoms with E-state index in [1.165, 1.54) is 19.2 Å². The molecular weight excluding hydrogens is 229 g/mol. The van der Waals surface area contributed by atoms with Crippen LogP contribution in [0.5, 0.6) is 5.75 Å². The Morgan fingerprint density at radius 1 is 1.59 bits per heavy atom. The molecule has 0 saturated heterocycles. The monoisotopic (exact) mass is 243 g/mol. The van der Waals surface area contributed by atoms with Gasteiger partial charge in [-0.1, -0.05) is 6.07 Å². The molecule has 0 heterocycles. The molecule has 2 atom stereocenters. The molecule has 1 rings (SSSR count). The van der Waals surface area contributed by atoms with Crippen molar-refractivity contribution in [3.05, 3.63) is 29.6 Å². The number of nitrogens with two attached hydrogens (primary N) is 1. The molecule has 0 amide bonds. The smallest absolute Gasteiger partial charge is 0.305 e. The van der Waals surface area contributed by atoms with Crippen LogP contribution in [0.2, 0.25) is 0 Å². The van der Waals surface area contributed by atoms with Gasteiger partial charge in [0, 0.05) is 6.04 Å². The summed E-state index contributed by atoms with van der Waals surface area (Å²) in [4.78, 5) is 10.4. The number of carboxylic acid groups (broad SMARTS) is 1. The zero-order valence-corrected chi connectivity index (χ0v) is 9.26. The van der Waals surface area contributed by atoms with Gasteiger partial charge in [0.2, 0.25) is 0 Å². The summed E-state index contributed by atoms with van der Waals surface area (Å²) in [5, 5.41) is 18.3. The van der Waals surface area contributed by atoms with Crippen LogP contribution < -0.4 is 10.5 Å². The topological polar surface area (TPSA) is 92.8 Å². The number of hydrogen-bond donors (Lipinski definition) is 3. The molecule has 94 valence electrons. The fraction of sp³-hybridized carbons (Fsp3) is 0.364. The first-order chi connectivity index (χ1) is 7.95. The van der Waals surface area contributed by atoms with Gasteiger partial charge in [-0.2, -0.15) is 0 Å². The zero-order chi connectivity index (χ0) is 13.0. The molecule has 6 heteroatoms. The minimum absolute atomic E-state index is 0.0488. The highest BCUT2D eigenvalue weighted by atomic mass is 19.1. The number of hydrogen-bond acceptors (Lipinski definition) is 4. The van der Waals surface area contributed by atoms with E-state index in [-0.39, 0.29) is 11.3 Å². The predicted octanol–water partition coefficient (Wildman–Crippen LogP) is 0.670. The Hall–Kier alpha value is -1.66. The van der Waals surface area contributed by atoms with E-state index in [0.717, 1.165) is 6.07 Å². The molecule has 0 aliphatic rings. The fourth-order valence-corrected chi connectivity index (χ4v) is 1.43. The summed E-state index contributed by atoms with van der Waals surface area (Å²) in [6.07, 6.45) is -1.62. The maximum absolute atomic E-state index is 13.3. The third-order valence-corrected chi connectivity index (χ3v) is 2.33. The number of carboxylic acids is 1. The van der Waals surface area contributed by atoms with Crippen LogP contribution in [0.15, 0.2) is 18.2 Å². The molecule has 0 radical (unpaired) electrons. The van der Waals surface area contributed by atoms with E-state index in [1.54, 1.807) is 0 Å². The summed E-state index contributed by atoms with van der Waals surface area (Å²) in [6.45, 7) is 0. The number of methoxy groups -OCH3 is 1. The second kappa shape index (κ2) is 5.60. The van der Waals surface area contributed by atoms with Crippen LogP contribution in [0, 0.1) is 5.82 Å². The van der Waals surface area contributed by atoms with Crippen LogP contribution >= 0.6 is 0 Å². The first-order valence-corrected chi connectivity index (χ1v) is 4.94. The number of halogens is 1. The van der Waals surface area contributed by atoms with Crippen molar-refractivity contribution in [2.75, 3.05) is 7.11 Å². The highest BCUT2D eigenvalue weighted by molar-refractivity contribution is 5.67. The lowest BCUT2D eigenvalue weighted by atomic mass is 10.0. The molecule has 0 aromatic heterocycles. The van der Waals surface area contributed by atoms with Crippen molar-refractivity contribution in [3.8, 4) is 5.75 Å². The maximum Gasteiger partial charge on any atom is 0.305 e. The summed E-state index contributed by atoms with van der Waals surface area (Å²) in [7, 11) is 1.32. The predicted molar refractivity (Wildman–Crippen MR) is 58.1 cm³/mol. The van der Waals surface area contributed by atoms with Crippen molar-refractivity contribution in [1.82, 2.24) is 0 Å². The molecular formula is C11H14FNO4. The van der Waals surface area contributed by atoms with E-state index >= 15 is 0 Å². The Labute approximate surface area is 97.6 Å². The number of ether oxygens (including phenoxy) is 1. The van der Waals surface area contributed by atoms with Gasteiger partial charge >= 0.3 is 5.97 Å². The van der Waals surface area contributed by atoms with Crippen LogP contribution in [0.4, 0.5) is 4.39 Å². The molecule has 0 aliphatic heterocycles. The Bertz CT molecular complexity index is 410. The lowest BCUT2D eigenvalue weighted by Crippen LogP contribution is -2.31. The minimum atomic E-state index is -1.23. The molecule has 5 nitrogen and oxygen atoms in total. The van der Waals surface area contributed by atoms with Crippen molar-refractivity contribution >= 4 is 5.97 Å². The van der Waals surface area contributed by atoms with Crippen LogP contribution in [-0.4, -0.2) is 29.3 Å². The Morgan fingerprint density at radius 2 is 2.24 bits per heavy atom. The van der Waals surface area contributed by atoms with E-state index in [0.29, 0.717) is 0 Å². The molecule has 4 N–H and O–H groups in total. The van der Waals surface area contributed by atoms with Crippen LogP contribution in [0.1, 0.15) is 18.1 Å². The highest BCUT2D eigenvalue weighted by Gasteiger charge is 2.20. The number of carbonyl (C=O) groups is 1. The highest BCUT2D eigenvalue weighted by Crippen LogP contribution is 2.23. The lowest BCUT2D eigenvalue weighted by molar-refractivity contribution is -0.138. The molecule has 0 fully saturated rings. The quantitative estimate of drug-likeness (QED) is 0.706. The van der Waals surface area contributed by atoms with Gasteiger partial charge < -0.3 is 20.7 Å². The third kappa shape index (κ3) is 3.40. The van der Waals surface area contributed by atoms with Crippen molar-refractivity contribution in [3.63, 3.8) is 0 Å². The average Bonchev–Trinajstić information content (AvgIpc) is 2.27. The summed E-state index contributed by atoms with van der Waals surface area (Å²) in [5.74, 6) is -1.70. The molecule has 0 aliphatic carbocycles. The van der Waals surface area contributed by atoms with Crippen LogP contribution in [0.3, 0.4) is 0 Å². The van der Waals surface area contributed by atoms with Gasteiger partial charge in [-0.15, -0.1) is 0 Å². The number of rotatable bonds is 5. The van der Waals surface area contributed by atoms with Gasteiger partial charge in [0.1, 0.15) is 0 Å². The van der Waals surface area contributed by atoms with E-state index < -0.39 is 30.4 Å². The summed E-state index contributed by atoms with van der Waals surface area (Å²) in [5.41, 5.74) is 5.71. The van der Waals surface area contributed by atoms with Gasteiger partial charge in [0.15, 0.2) is 11.6 Å². The number of aliphatic hydroxyl groups excluding tert-OH is 1. The van der Waals surface area contributed by atoms with Gasteiger partial charge in [0.05, 0.1) is 19.6 Å². The number of aliphatic carboxylic acids is 1. The third-order valence-electron chi connectivity index (χ3n) is 2.33. The van der Waals surface area contributed by atoms with E-state index in [2.05, 4.69) is 0 Å². The van der Waals surface area contributed by atoms with Crippen LogP contribution in [-0.2, 0) is 4.79 Å². The first kappa shape index (κ1) is 13.4. The molecule has 0 spiro atoms. The van der Waals surface area contributed by atoms with Crippen LogP contribution in [0.25, 0.3) is 0 Å². The summed E-state index contributed by atoms with van der Waals surface area (Å²) < 4.78 is 18.1. The maximum atomic E-state index is 13.3. The van der Waals surface area contributed by atoms with Gasteiger partial charge in [-0.3, -0.25) is 4.79 Å². The second-order valence-corrected chi connectivity index (χ2v) is 3.60. The summed E-state index contributed by atoms with van der Waals surface area (Å²) >= 11 is 0. The Morgan fingerprint density at radius 3 is 2.71 bits per heavy atom. The van der Waals surface area contributed by atoms with Gasteiger partial charge in [-0.05, 0) is 17.7 Å². The SMILES string of the molecule is COc1ccc(C(O)C(N)CC(=O)O)cc1F. The normalized spacial score (nSPS) is 14.1. The number of benzene rings is 1. The Kier molecular flexibility index (Phi) is 4.42. The molecule has 0 saturated carbocycles. The van der Waals surface area contributed by atoms with Crippen molar-refractivity contribution < 1.29 is 24.1 Å². The van der Waals surface area contributed by atoms with E-state index in [1.807, 2.05) is 0 Å². The van der Waals surface area contributed by atoms with Crippen molar-refractivity contribution in [1.29, 1.82) is 0 Å². The molecule has 17 heavy (non-hydrogen) atoms. The van der Waals surface area contributed by atoms with Crippen molar-refractivity contribution in [2.45, 2.75) is 18.6 Å². The van der Waals surface area contributed by atoms with Gasteiger partial charge in [0.25, 0.3) is 0 Å². The fourth-order valence-electron chi connectivity index (χ4n) is 1.43. The summed E-state index contributed by atoms with van der Waals surface area (Å²) in [6, 6.07) is 2.88. The van der Waals surface area contributed by atoms with Crippen molar-refractivity contribution in [2.24, 2.45) is 5.73 Å². The lowest BCUT2D eigenvalue weighted by Gasteiger charge is -2.17. The van der Waals surface area contributed by atoms with E-state index in [4.69, 9.17) is 15.6 Å². The average molecular weight is 243 g/mol. The largest absolute Gasteiger partial charge is 0.494 e. The molecule has 2 unspecified atom stereocenters. The first-order valence-electron chi connectivity index (χ1n) is 4.94. The van der Waals surface area contributed by atoms with E-state index in [9.17, 15) is 14.3 Å². The molecule has 0 bridgehead atoms. The molecule has 1 aromatic rings. The zero-order valence-electron chi connectivity index (χ0n) is 9.26. The van der Waals surface area contributed by atoms with Gasteiger partial charge in [-0.25, -0.2) is 4.39 Å². The Balaban J connectivity index is 2.85.